The highest BCUT2D eigenvalue weighted by atomic mass is 32.1. The summed E-state index contributed by atoms with van der Waals surface area (Å²) in [5.74, 6) is 1.78. The fourth-order valence-corrected chi connectivity index (χ4v) is 3.30. The number of ketones is 1. The van der Waals surface area contributed by atoms with Crippen LogP contribution in [0.2, 0.25) is 0 Å². The normalized spacial score (nSPS) is 18.5. The molecular formula is C12H12N2O2S. The van der Waals surface area contributed by atoms with Crippen molar-refractivity contribution in [2.24, 2.45) is 11.7 Å². The largest absolute Gasteiger partial charge is 0.390 e. The summed E-state index contributed by atoms with van der Waals surface area (Å²) < 4.78 is 0. The molecule has 0 unspecified atom stereocenters. The van der Waals surface area contributed by atoms with E-state index in [2.05, 4.69) is 5.92 Å². The summed E-state index contributed by atoms with van der Waals surface area (Å²) in [5, 5.41) is 0.331. The van der Waals surface area contributed by atoms with E-state index in [1.165, 1.54) is 0 Å². The van der Waals surface area contributed by atoms with E-state index in [1.54, 1.807) is 0 Å². The van der Waals surface area contributed by atoms with Gasteiger partial charge in [-0.15, -0.1) is 23.7 Å². The number of primary amides is 1. The average molecular weight is 248 g/mol. The Morgan fingerprint density at radius 1 is 1.59 bits per heavy atom. The minimum Gasteiger partial charge on any atom is -0.390 e. The van der Waals surface area contributed by atoms with Gasteiger partial charge in [-0.2, -0.15) is 0 Å². The molecule has 0 aromatic carbocycles. The second-order valence-corrected chi connectivity index (χ2v) is 5.07. The molecule has 0 saturated carbocycles. The van der Waals surface area contributed by atoms with E-state index in [0.29, 0.717) is 40.3 Å². The Balaban J connectivity index is 2.46. The summed E-state index contributed by atoms with van der Waals surface area (Å²) in [4.78, 5) is 23.9. The molecule has 4 N–H and O–H groups in total. The van der Waals surface area contributed by atoms with Crippen molar-refractivity contribution < 1.29 is 9.59 Å². The van der Waals surface area contributed by atoms with Gasteiger partial charge in [0.2, 0.25) is 0 Å². The van der Waals surface area contributed by atoms with Gasteiger partial charge in [0, 0.05) is 12.3 Å². The molecule has 17 heavy (non-hydrogen) atoms. The van der Waals surface area contributed by atoms with Gasteiger partial charge in [0.05, 0.1) is 15.4 Å². The maximum absolute atomic E-state index is 12.1. The van der Waals surface area contributed by atoms with Crippen LogP contribution in [0.3, 0.4) is 0 Å². The number of rotatable bonds is 2. The molecule has 5 heteroatoms. The van der Waals surface area contributed by atoms with Crippen molar-refractivity contribution in [3.63, 3.8) is 0 Å². The quantitative estimate of drug-likeness (QED) is 0.771. The van der Waals surface area contributed by atoms with Crippen molar-refractivity contribution in [3.05, 3.63) is 16.0 Å². The lowest BCUT2D eigenvalue weighted by Crippen LogP contribution is -2.23. The Morgan fingerprint density at radius 3 is 2.88 bits per heavy atom. The van der Waals surface area contributed by atoms with Crippen LogP contribution in [-0.4, -0.2) is 11.7 Å². The third-order valence-electron chi connectivity index (χ3n) is 2.98. The van der Waals surface area contributed by atoms with Crippen molar-refractivity contribution in [2.75, 3.05) is 5.73 Å². The number of nitrogen functional groups attached to an aromatic ring is 1. The van der Waals surface area contributed by atoms with E-state index < -0.39 is 5.91 Å². The minimum absolute atomic E-state index is 0.00611. The maximum atomic E-state index is 12.1. The number of amides is 1. The molecule has 0 saturated heterocycles. The highest BCUT2D eigenvalue weighted by Gasteiger charge is 2.32. The van der Waals surface area contributed by atoms with Gasteiger partial charge < -0.3 is 11.5 Å². The summed E-state index contributed by atoms with van der Waals surface area (Å²) >= 11 is 1.14. The Labute approximate surface area is 103 Å². The maximum Gasteiger partial charge on any atom is 0.251 e. The molecule has 0 aliphatic heterocycles. The first-order valence-electron chi connectivity index (χ1n) is 5.24. The molecule has 0 bridgehead atoms. The number of carbonyl (C=O) groups excluding carboxylic acids is 2. The zero-order valence-electron chi connectivity index (χ0n) is 9.16. The second kappa shape index (κ2) is 4.22. The van der Waals surface area contributed by atoms with Crippen LogP contribution in [0.15, 0.2) is 0 Å². The summed E-state index contributed by atoms with van der Waals surface area (Å²) in [6.07, 6.45) is 6.96. The molecule has 0 fully saturated rings. The molecule has 0 spiro atoms. The topological polar surface area (TPSA) is 86.2 Å². The first-order valence-corrected chi connectivity index (χ1v) is 6.06. The number of thiophene rings is 1. The molecule has 1 atom stereocenters. The van der Waals surface area contributed by atoms with Crippen molar-refractivity contribution in [2.45, 2.75) is 19.3 Å². The molecule has 88 valence electrons. The summed E-state index contributed by atoms with van der Waals surface area (Å²) in [6, 6.07) is 0. The number of hydrogen-bond acceptors (Lipinski definition) is 4. The number of carbonyl (C=O) groups is 2. The molecule has 1 heterocycles. The Kier molecular flexibility index (Phi) is 2.90. The number of terminal acetylenes is 1. The molecule has 1 aliphatic rings. The fraction of sp³-hybridized carbons (Fsp3) is 0.333. The lowest BCUT2D eigenvalue weighted by molar-refractivity contribution is 0.0909. The monoisotopic (exact) mass is 248 g/mol. The first kappa shape index (κ1) is 11.7. The summed E-state index contributed by atoms with van der Waals surface area (Å²) in [7, 11) is 0. The van der Waals surface area contributed by atoms with Gasteiger partial charge in [-0.3, -0.25) is 9.59 Å². The van der Waals surface area contributed by atoms with Crippen LogP contribution in [0.1, 0.15) is 38.4 Å². The zero-order valence-corrected chi connectivity index (χ0v) is 9.97. The molecule has 1 amide bonds. The van der Waals surface area contributed by atoms with Crippen molar-refractivity contribution in [3.8, 4) is 12.3 Å². The predicted octanol–water partition coefficient (Wildman–Crippen LogP) is 1.20. The van der Waals surface area contributed by atoms with E-state index in [4.69, 9.17) is 17.9 Å². The second-order valence-electron chi connectivity index (χ2n) is 4.02. The van der Waals surface area contributed by atoms with Crippen LogP contribution in [0.4, 0.5) is 5.00 Å². The van der Waals surface area contributed by atoms with E-state index >= 15 is 0 Å². The number of fused-ring (bicyclic) bond motifs is 1. The van der Waals surface area contributed by atoms with Crippen LogP contribution in [0, 0.1) is 18.3 Å². The van der Waals surface area contributed by atoms with E-state index in [9.17, 15) is 9.59 Å². The SMILES string of the molecule is C#CC[C@H]1CCc2c(sc(N)c2C(N)=O)C1=O. The minimum atomic E-state index is -0.566. The first-order chi connectivity index (χ1) is 8.06. The van der Waals surface area contributed by atoms with Gasteiger partial charge in [0.25, 0.3) is 5.91 Å². The summed E-state index contributed by atoms with van der Waals surface area (Å²) in [5.41, 5.74) is 12.0. The standard InChI is InChI=1S/C12H12N2O2S/c1-2-3-6-4-5-7-8(11(13)16)12(14)17-10(7)9(6)15/h1,6H,3-5,14H2,(H2,13,16)/t6-/m0/s1. The van der Waals surface area contributed by atoms with Crippen LogP contribution in [0.5, 0.6) is 0 Å². The number of anilines is 1. The Bertz CT molecular complexity index is 539. The molecular weight excluding hydrogens is 236 g/mol. The van der Waals surface area contributed by atoms with Crippen molar-refractivity contribution in [1.29, 1.82) is 0 Å². The van der Waals surface area contributed by atoms with Crippen LogP contribution in [-0.2, 0) is 6.42 Å². The Morgan fingerprint density at radius 2 is 2.29 bits per heavy atom. The smallest absolute Gasteiger partial charge is 0.251 e. The molecule has 1 aromatic rings. The van der Waals surface area contributed by atoms with Crippen LogP contribution in [0.25, 0.3) is 0 Å². The third kappa shape index (κ3) is 1.81. The van der Waals surface area contributed by atoms with Gasteiger partial charge >= 0.3 is 0 Å². The molecule has 2 rings (SSSR count). The molecule has 1 aliphatic carbocycles. The van der Waals surface area contributed by atoms with Crippen molar-refractivity contribution in [1.82, 2.24) is 0 Å². The highest BCUT2D eigenvalue weighted by molar-refractivity contribution is 7.18. The van der Waals surface area contributed by atoms with E-state index in [0.717, 1.165) is 11.3 Å². The highest BCUT2D eigenvalue weighted by Crippen LogP contribution is 2.38. The van der Waals surface area contributed by atoms with E-state index in [-0.39, 0.29) is 11.7 Å². The third-order valence-corrected chi connectivity index (χ3v) is 4.06. The lowest BCUT2D eigenvalue weighted by atomic mass is 9.84. The van der Waals surface area contributed by atoms with E-state index in [1.807, 2.05) is 0 Å². The number of nitrogens with two attached hydrogens (primary N) is 2. The number of Topliss-reactive ketones (excluding diaryl/α,β-unsaturated/α-hetero) is 1. The van der Waals surface area contributed by atoms with Gasteiger partial charge in [0.15, 0.2) is 5.78 Å². The van der Waals surface area contributed by atoms with Gasteiger partial charge in [-0.25, -0.2) is 0 Å². The average Bonchev–Trinajstić information content (AvgIpc) is 2.60. The van der Waals surface area contributed by atoms with Gasteiger partial charge in [-0.05, 0) is 18.4 Å². The predicted molar refractivity (Wildman–Crippen MR) is 66.8 cm³/mol. The summed E-state index contributed by atoms with van der Waals surface area (Å²) in [6.45, 7) is 0. The molecule has 1 aromatic heterocycles. The van der Waals surface area contributed by atoms with Gasteiger partial charge in [0.1, 0.15) is 0 Å². The number of hydrogen-bond donors (Lipinski definition) is 2. The zero-order chi connectivity index (χ0) is 12.6. The Hall–Kier alpha value is -1.80. The molecule has 4 nitrogen and oxygen atoms in total. The van der Waals surface area contributed by atoms with Crippen LogP contribution < -0.4 is 11.5 Å². The van der Waals surface area contributed by atoms with Gasteiger partial charge in [-0.1, -0.05) is 0 Å². The van der Waals surface area contributed by atoms with Crippen LogP contribution >= 0.6 is 11.3 Å². The molecule has 0 radical (unpaired) electrons. The fourth-order valence-electron chi connectivity index (χ4n) is 2.16. The lowest BCUT2D eigenvalue weighted by Gasteiger charge is -2.19. The van der Waals surface area contributed by atoms with Crippen molar-refractivity contribution >= 4 is 28.0 Å².